The molecule has 0 atom stereocenters. The number of aliphatic carboxylic acids is 1. The summed E-state index contributed by atoms with van der Waals surface area (Å²) in [4.78, 5) is 24.0. The molecule has 1 aliphatic rings. The lowest BCUT2D eigenvalue weighted by molar-refractivity contribution is -0.145. The van der Waals surface area contributed by atoms with Crippen LogP contribution in [0, 0.1) is 0 Å². The van der Waals surface area contributed by atoms with E-state index in [0.29, 0.717) is 12.8 Å². The Labute approximate surface area is 127 Å². The first-order valence-corrected chi connectivity index (χ1v) is 8.27. The van der Waals surface area contributed by atoms with Crippen molar-refractivity contribution < 1.29 is 14.7 Å². The van der Waals surface area contributed by atoms with E-state index in [2.05, 4.69) is 10.6 Å². The van der Waals surface area contributed by atoms with Gasteiger partial charge in [-0.15, -0.1) is 0 Å². The molecule has 0 bridgehead atoms. The highest BCUT2D eigenvalue weighted by Gasteiger charge is 2.41. The van der Waals surface area contributed by atoms with Gasteiger partial charge in [0.05, 0.1) is 0 Å². The molecule has 0 aliphatic heterocycles. The van der Waals surface area contributed by atoms with Crippen molar-refractivity contribution in [1.29, 1.82) is 0 Å². The van der Waals surface area contributed by atoms with Crippen molar-refractivity contribution in [3.05, 3.63) is 0 Å². The highest BCUT2D eigenvalue weighted by Crippen LogP contribution is 2.28. The molecule has 0 aromatic carbocycles. The second-order valence-electron chi connectivity index (χ2n) is 6.22. The van der Waals surface area contributed by atoms with Crippen LogP contribution in [0.2, 0.25) is 0 Å². The smallest absolute Gasteiger partial charge is 0.329 e. The number of rotatable bonds is 6. The van der Waals surface area contributed by atoms with Gasteiger partial charge in [-0.1, -0.05) is 46.5 Å². The summed E-state index contributed by atoms with van der Waals surface area (Å²) in [5.41, 5.74) is -1.34. The van der Waals surface area contributed by atoms with Crippen LogP contribution < -0.4 is 10.6 Å². The van der Waals surface area contributed by atoms with Gasteiger partial charge in [-0.2, -0.15) is 0 Å². The third-order valence-corrected chi connectivity index (χ3v) is 5.13. The van der Waals surface area contributed by atoms with E-state index in [0.717, 1.165) is 44.9 Å². The number of carboxylic acid groups (broad SMARTS) is 1. The first-order valence-electron chi connectivity index (χ1n) is 8.27. The Hall–Kier alpha value is -1.26. The van der Waals surface area contributed by atoms with Gasteiger partial charge in [0.1, 0.15) is 5.54 Å². The molecule has 0 unspecified atom stereocenters. The van der Waals surface area contributed by atoms with Crippen molar-refractivity contribution in [1.82, 2.24) is 10.6 Å². The second-order valence-corrected chi connectivity index (χ2v) is 6.22. The summed E-state index contributed by atoms with van der Waals surface area (Å²) < 4.78 is 0. The SMILES string of the molecule is CCC(CC)(CC)NC(=O)NC1(C(=O)O)CCCCCC1. The third kappa shape index (κ3) is 4.35. The number of carbonyl (C=O) groups excluding carboxylic acids is 1. The summed E-state index contributed by atoms with van der Waals surface area (Å²) in [6, 6.07) is -0.343. The van der Waals surface area contributed by atoms with Crippen molar-refractivity contribution in [3.63, 3.8) is 0 Å². The zero-order valence-electron chi connectivity index (χ0n) is 13.6. The molecular weight excluding hydrogens is 268 g/mol. The lowest BCUT2D eigenvalue weighted by atomic mass is 9.89. The first kappa shape index (κ1) is 17.8. The number of hydrogen-bond acceptors (Lipinski definition) is 2. The fourth-order valence-corrected chi connectivity index (χ4v) is 3.23. The second kappa shape index (κ2) is 7.66. The highest BCUT2D eigenvalue weighted by molar-refractivity contribution is 5.86. The highest BCUT2D eigenvalue weighted by atomic mass is 16.4. The van der Waals surface area contributed by atoms with Gasteiger partial charge in [0.25, 0.3) is 0 Å². The van der Waals surface area contributed by atoms with Gasteiger partial charge < -0.3 is 15.7 Å². The Kier molecular flexibility index (Phi) is 6.49. The summed E-state index contributed by atoms with van der Waals surface area (Å²) in [6.07, 6.45) is 7.36. The van der Waals surface area contributed by atoms with Crippen LogP contribution in [-0.2, 0) is 4.79 Å². The molecule has 21 heavy (non-hydrogen) atoms. The first-order chi connectivity index (χ1) is 9.93. The van der Waals surface area contributed by atoms with Crippen LogP contribution in [-0.4, -0.2) is 28.2 Å². The number of carbonyl (C=O) groups is 2. The monoisotopic (exact) mass is 298 g/mol. The Morgan fingerprint density at radius 3 is 1.86 bits per heavy atom. The zero-order valence-corrected chi connectivity index (χ0v) is 13.6. The summed E-state index contributed by atoms with van der Waals surface area (Å²) in [6.45, 7) is 6.14. The standard InChI is InChI=1S/C16H30N2O3/c1-4-15(5-2,6-3)17-14(21)18-16(13(19)20)11-9-7-8-10-12-16/h4-12H2,1-3H3,(H,19,20)(H2,17,18,21). The molecule has 0 saturated heterocycles. The van der Waals surface area contributed by atoms with Gasteiger partial charge in [-0.05, 0) is 32.1 Å². The van der Waals surface area contributed by atoms with E-state index in [9.17, 15) is 14.7 Å². The predicted molar refractivity (Wildman–Crippen MR) is 83.3 cm³/mol. The van der Waals surface area contributed by atoms with Gasteiger partial charge in [0.15, 0.2) is 0 Å². The molecule has 2 amide bonds. The molecule has 1 saturated carbocycles. The van der Waals surface area contributed by atoms with Crippen molar-refractivity contribution in [3.8, 4) is 0 Å². The molecule has 1 rings (SSSR count). The molecule has 5 heteroatoms. The van der Waals surface area contributed by atoms with E-state index in [1.165, 1.54) is 0 Å². The van der Waals surface area contributed by atoms with E-state index in [1.54, 1.807) is 0 Å². The van der Waals surface area contributed by atoms with E-state index in [4.69, 9.17) is 0 Å². The average molecular weight is 298 g/mol. The minimum atomic E-state index is -1.10. The minimum Gasteiger partial charge on any atom is -0.480 e. The molecule has 0 spiro atoms. The molecule has 0 aromatic heterocycles. The van der Waals surface area contributed by atoms with Crippen LogP contribution in [0.4, 0.5) is 4.79 Å². The van der Waals surface area contributed by atoms with Gasteiger partial charge >= 0.3 is 12.0 Å². The maximum absolute atomic E-state index is 12.3. The predicted octanol–water partition coefficient (Wildman–Crippen LogP) is 3.43. The van der Waals surface area contributed by atoms with Crippen LogP contribution in [0.15, 0.2) is 0 Å². The fraction of sp³-hybridized carbons (Fsp3) is 0.875. The van der Waals surface area contributed by atoms with E-state index < -0.39 is 11.5 Å². The maximum Gasteiger partial charge on any atom is 0.329 e. The average Bonchev–Trinajstić information content (AvgIpc) is 2.71. The lowest BCUT2D eigenvalue weighted by Crippen LogP contribution is -2.60. The normalized spacial score (nSPS) is 18.6. The van der Waals surface area contributed by atoms with Crippen LogP contribution in [0.25, 0.3) is 0 Å². The van der Waals surface area contributed by atoms with Crippen LogP contribution in [0.3, 0.4) is 0 Å². The molecule has 1 aliphatic carbocycles. The van der Waals surface area contributed by atoms with Crippen LogP contribution >= 0.6 is 0 Å². The van der Waals surface area contributed by atoms with Crippen LogP contribution in [0.5, 0.6) is 0 Å². The molecule has 1 fully saturated rings. The number of amides is 2. The number of hydrogen-bond donors (Lipinski definition) is 3. The van der Waals surface area contributed by atoms with Gasteiger partial charge in [-0.25, -0.2) is 9.59 Å². The lowest BCUT2D eigenvalue weighted by Gasteiger charge is -2.35. The van der Waals surface area contributed by atoms with Gasteiger partial charge in [0.2, 0.25) is 0 Å². The summed E-state index contributed by atoms with van der Waals surface area (Å²) in [7, 11) is 0. The van der Waals surface area contributed by atoms with Crippen molar-refractivity contribution in [2.45, 2.75) is 89.6 Å². The van der Waals surface area contributed by atoms with Crippen LogP contribution in [0.1, 0.15) is 78.6 Å². The van der Waals surface area contributed by atoms with E-state index in [1.807, 2.05) is 20.8 Å². The number of nitrogens with one attached hydrogen (secondary N) is 2. The molecule has 0 heterocycles. The van der Waals surface area contributed by atoms with Crippen molar-refractivity contribution in [2.75, 3.05) is 0 Å². The molecule has 3 N–H and O–H groups in total. The molecule has 122 valence electrons. The fourth-order valence-electron chi connectivity index (χ4n) is 3.23. The van der Waals surface area contributed by atoms with Gasteiger partial charge in [-0.3, -0.25) is 0 Å². The quantitative estimate of drug-likeness (QED) is 0.657. The zero-order chi connectivity index (χ0) is 15.9. The van der Waals surface area contributed by atoms with Gasteiger partial charge in [0, 0.05) is 5.54 Å². The van der Waals surface area contributed by atoms with Crippen molar-refractivity contribution >= 4 is 12.0 Å². The summed E-state index contributed by atoms with van der Waals surface area (Å²) in [5, 5.41) is 15.4. The Morgan fingerprint density at radius 1 is 1.00 bits per heavy atom. The Bertz CT molecular complexity index is 348. The third-order valence-electron chi connectivity index (χ3n) is 5.13. The Balaban J connectivity index is 2.79. The maximum atomic E-state index is 12.3. The summed E-state index contributed by atoms with van der Waals surface area (Å²) >= 11 is 0. The molecule has 0 radical (unpaired) electrons. The Morgan fingerprint density at radius 2 is 1.48 bits per heavy atom. The number of urea groups is 1. The van der Waals surface area contributed by atoms with E-state index in [-0.39, 0.29) is 11.6 Å². The summed E-state index contributed by atoms with van der Waals surface area (Å²) in [5.74, 6) is -0.908. The largest absolute Gasteiger partial charge is 0.480 e. The molecule has 0 aromatic rings. The topological polar surface area (TPSA) is 78.4 Å². The minimum absolute atomic E-state index is 0.242. The molecular formula is C16H30N2O3. The van der Waals surface area contributed by atoms with E-state index >= 15 is 0 Å². The number of carboxylic acids is 1. The molecule has 5 nitrogen and oxygen atoms in total. The van der Waals surface area contributed by atoms with Crippen molar-refractivity contribution in [2.24, 2.45) is 0 Å².